The molecule has 1 N–H and O–H groups in total. The van der Waals surface area contributed by atoms with Gasteiger partial charge in [-0.05, 0) is 44.4 Å². The number of aromatic amines is 1. The van der Waals surface area contributed by atoms with E-state index in [9.17, 15) is 4.79 Å². The summed E-state index contributed by atoms with van der Waals surface area (Å²) < 4.78 is 7.66. The normalized spacial score (nSPS) is 18.4. The lowest BCUT2D eigenvalue weighted by Crippen LogP contribution is -2.27. The van der Waals surface area contributed by atoms with Crippen LogP contribution in [0.5, 0.6) is 0 Å². The zero-order valence-corrected chi connectivity index (χ0v) is 16.3. The molecule has 1 saturated heterocycles. The molecule has 28 heavy (non-hydrogen) atoms. The fraction of sp³-hybridized carbons (Fsp3) is 0.476. The molecule has 0 radical (unpaired) electrons. The van der Waals surface area contributed by atoms with Gasteiger partial charge in [-0.25, -0.2) is 9.67 Å². The van der Waals surface area contributed by atoms with E-state index in [4.69, 9.17) is 9.72 Å². The molecule has 3 aromatic rings. The predicted molar refractivity (Wildman–Crippen MR) is 109 cm³/mol. The smallest absolute Gasteiger partial charge is 0.262 e. The molecular weight excluding hydrogens is 354 g/mol. The molecular formula is C21H27N5O2. The Hall–Kier alpha value is -2.51. The van der Waals surface area contributed by atoms with E-state index in [1.165, 1.54) is 0 Å². The third kappa shape index (κ3) is 4.15. The third-order valence-electron chi connectivity index (χ3n) is 5.19. The second-order valence-electron chi connectivity index (χ2n) is 7.34. The van der Waals surface area contributed by atoms with Crippen LogP contribution in [0.1, 0.15) is 38.4 Å². The standard InChI is InChI=1S/C21H27N5O2/c1-2-13-28-17-9-6-11-25(12-10-17)15-19-23-20-18(21(27)24-19)14-22-26(20)16-7-4-3-5-8-16/h3-5,7-8,14,17H,2,6,9-13,15H2,1H3,(H,23,24,27). The van der Waals surface area contributed by atoms with Gasteiger partial charge in [-0.1, -0.05) is 25.1 Å². The average Bonchev–Trinajstić information content (AvgIpc) is 3.02. The number of H-pyrrole nitrogens is 1. The van der Waals surface area contributed by atoms with Crippen molar-refractivity contribution in [2.45, 2.75) is 45.3 Å². The van der Waals surface area contributed by atoms with E-state index in [0.29, 0.717) is 29.5 Å². The minimum Gasteiger partial charge on any atom is -0.378 e. The van der Waals surface area contributed by atoms with Crippen LogP contribution in [0.15, 0.2) is 41.3 Å². The van der Waals surface area contributed by atoms with E-state index >= 15 is 0 Å². The van der Waals surface area contributed by atoms with Crippen molar-refractivity contribution >= 4 is 11.0 Å². The number of hydrogen-bond acceptors (Lipinski definition) is 5. The molecule has 148 valence electrons. The molecule has 1 aliphatic heterocycles. The van der Waals surface area contributed by atoms with Gasteiger partial charge < -0.3 is 9.72 Å². The molecule has 0 aliphatic carbocycles. The first-order valence-corrected chi connectivity index (χ1v) is 10.1. The van der Waals surface area contributed by atoms with Crippen LogP contribution in [0, 0.1) is 0 Å². The van der Waals surface area contributed by atoms with Crippen LogP contribution < -0.4 is 5.56 Å². The molecule has 7 nitrogen and oxygen atoms in total. The highest BCUT2D eigenvalue weighted by molar-refractivity contribution is 5.75. The Bertz CT molecular complexity index is 966. The molecule has 2 aromatic heterocycles. The average molecular weight is 381 g/mol. The Morgan fingerprint density at radius 2 is 2.07 bits per heavy atom. The van der Waals surface area contributed by atoms with Gasteiger partial charge in [-0.3, -0.25) is 9.69 Å². The van der Waals surface area contributed by atoms with E-state index in [-0.39, 0.29) is 5.56 Å². The highest BCUT2D eigenvalue weighted by Crippen LogP contribution is 2.17. The number of para-hydroxylation sites is 1. The Kier molecular flexibility index (Phi) is 5.83. The molecule has 4 rings (SSSR count). The number of rotatable bonds is 6. The maximum atomic E-state index is 12.5. The first kappa shape index (κ1) is 18.8. The number of nitrogens with zero attached hydrogens (tertiary/aromatic N) is 4. The van der Waals surface area contributed by atoms with Crippen molar-refractivity contribution in [3.8, 4) is 5.69 Å². The molecule has 1 aliphatic rings. The summed E-state index contributed by atoms with van der Waals surface area (Å²) in [6.45, 7) is 5.55. The summed E-state index contributed by atoms with van der Waals surface area (Å²) in [7, 11) is 0. The van der Waals surface area contributed by atoms with Gasteiger partial charge in [-0.15, -0.1) is 0 Å². The first-order chi connectivity index (χ1) is 13.7. The van der Waals surface area contributed by atoms with Gasteiger partial charge in [0.2, 0.25) is 0 Å². The first-order valence-electron chi connectivity index (χ1n) is 10.1. The summed E-state index contributed by atoms with van der Waals surface area (Å²) in [6.07, 6.45) is 6.20. The minimum absolute atomic E-state index is 0.138. The number of ether oxygens (including phenoxy) is 1. The zero-order valence-electron chi connectivity index (χ0n) is 16.3. The number of aromatic nitrogens is 4. The number of hydrogen-bond donors (Lipinski definition) is 1. The van der Waals surface area contributed by atoms with Gasteiger partial charge in [0.25, 0.3) is 5.56 Å². The van der Waals surface area contributed by atoms with Gasteiger partial charge in [0, 0.05) is 13.2 Å². The summed E-state index contributed by atoms with van der Waals surface area (Å²) in [4.78, 5) is 22.6. The Balaban J connectivity index is 1.54. The van der Waals surface area contributed by atoms with Gasteiger partial charge >= 0.3 is 0 Å². The Morgan fingerprint density at radius 3 is 2.89 bits per heavy atom. The van der Waals surface area contributed by atoms with E-state index in [1.54, 1.807) is 10.9 Å². The summed E-state index contributed by atoms with van der Waals surface area (Å²) in [5.41, 5.74) is 1.36. The molecule has 1 aromatic carbocycles. The van der Waals surface area contributed by atoms with Crippen LogP contribution in [-0.2, 0) is 11.3 Å². The Labute approximate surface area is 164 Å². The highest BCUT2D eigenvalue weighted by Gasteiger charge is 2.19. The highest BCUT2D eigenvalue weighted by atomic mass is 16.5. The fourth-order valence-electron chi connectivity index (χ4n) is 3.74. The van der Waals surface area contributed by atoms with Crippen molar-refractivity contribution in [3.05, 3.63) is 52.7 Å². The zero-order chi connectivity index (χ0) is 19.3. The molecule has 1 unspecified atom stereocenters. The summed E-state index contributed by atoms with van der Waals surface area (Å²) in [5, 5.41) is 4.88. The van der Waals surface area contributed by atoms with Crippen molar-refractivity contribution in [1.82, 2.24) is 24.6 Å². The summed E-state index contributed by atoms with van der Waals surface area (Å²) in [5.74, 6) is 0.683. The maximum Gasteiger partial charge on any atom is 0.262 e. The molecule has 1 atom stereocenters. The monoisotopic (exact) mass is 381 g/mol. The minimum atomic E-state index is -0.138. The number of nitrogens with one attached hydrogen (secondary N) is 1. The molecule has 0 spiro atoms. The SMILES string of the molecule is CCCOC1CCCN(Cc2nc3c(cnn3-c3ccccc3)c(=O)[nH]2)CC1. The largest absolute Gasteiger partial charge is 0.378 e. The summed E-state index contributed by atoms with van der Waals surface area (Å²) in [6, 6.07) is 9.77. The second kappa shape index (κ2) is 8.67. The van der Waals surface area contributed by atoms with Crippen molar-refractivity contribution in [2.24, 2.45) is 0 Å². The van der Waals surface area contributed by atoms with Crippen molar-refractivity contribution in [3.63, 3.8) is 0 Å². The van der Waals surface area contributed by atoms with Gasteiger partial charge in [0.15, 0.2) is 5.65 Å². The number of benzene rings is 1. The van der Waals surface area contributed by atoms with E-state index in [1.807, 2.05) is 30.3 Å². The molecule has 7 heteroatoms. The van der Waals surface area contributed by atoms with E-state index in [0.717, 1.165) is 51.1 Å². The maximum absolute atomic E-state index is 12.5. The fourth-order valence-corrected chi connectivity index (χ4v) is 3.74. The predicted octanol–water partition coefficient (Wildman–Crippen LogP) is 2.89. The molecule has 0 bridgehead atoms. The summed E-state index contributed by atoms with van der Waals surface area (Å²) >= 11 is 0. The van der Waals surface area contributed by atoms with Gasteiger partial charge in [0.1, 0.15) is 11.2 Å². The lowest BCUT2D eigenvalue weighted by atomic mass is 10.2. The van der Waals surface area contributed by atoms with Crippen LogP contribution >= 0.6 is 0 Å². The van der Waals surface area contributed by atoms with Crippen LogP contribution in [0.25, 0.3) is 16.7 Å². The molecule has 0 saturated carbocycles. The van der Waals surface area contributed by atoms with Gasteiger partial charge in [0.05, 0.1) is 24.5 Å². The van der Waals surface area contributed by atoms with Crippen LogP contribution in [0.2, 0.25) is 0 Å². The van der Waals surface area contributed by atoms with E-state index in [2.05, 4.69) is 21.9 Å². The van der Waals surface area contributed by atoms with Crippen molar-refractivity contribution in [1.29, 1.82) is 0 Å². The van der Waals surface area contributed by atoms with E-state index < -0.39 is 0 Å². The Morgan fingerprint density at radius 1 is 1.21 bits per heavy atom. The quantitative estimate of drug-likeness (QED) is 0.710. The molecule has 3 heterocycles. The third-order valence-corrected chi connectivity index (χ3v) is 5.19. The topological polar surface area (TPSA) is 76.0 Å². The lowest BCUT2D eigenvalue weighted by molar-refractivity contribution is 0.0436. The van der Waals surface area contributed by atoms with Crippen LogP contribution in [0.4, 0.5) is 0 Å². The van der Waals surface area contributed by atoms with Crippen molar-refractivity contribution < 1.29 is 4.74 Å². The van der Waals surface area contributed by atoms with Crippen LogP contribution in [-0.4, -0.2) is 50.4 Å². The molecule has 0 amide bonds. The number of likely N-dealkylation sites (tertiary alicyclic amines) is 1. The number of fused-ring (bicyclic) bond motifs is 1. The molecule has 1 fully saturated rings. The second-order valence-corrected chi connectivity index (χ2v) is 7.34. The van der Waals surface area contributed by atoms with Crippen molar-refractivity contribution in [2.75, 3.05) is 19.7 Å². The lowest BCUT2D eigenvalue weighted by Gasteiger charge is -2.19. The van der Waals surface area contributed by atoms with Crippen LogP contribution in [0.3, 0.4) is 0 Å². The van der Waals surface area contributed by atoms with Gasteiger partial charge in [-0.2, -0.15) is 5.10 Å².